The standard InChI is InChI=1S/C23H26F2N6O.C18H22N6/c1-4-14-5-17(16-11-31(12-16)22(32)15-7-23(24,25)8-15)26-10-20(14)30(3)21-6-19-18(9-27-21)28-13-29(19)2;1-4-12-5-14(13-7-19-8-13)20-10-17(12)24(3)18-6-16-15(9-21-18)22-11-23(16)2/h5-6,9-10,13,15-16H,4,7-8,11-12H2,1-3H3;5-6,9-11,13,19H,4,7-8H2,1-3H3. The van der Waals surface area contributed by atoms with E-state index in [0.717, 1.165) is 82.3 Å². The number of hydrogen-bond donors (Lipinski definition) is 1. The number of halogens is 2. The Kier molecular flexibility index (Phi) is 9.89. The van der Waals surface area contributed by atoms with E-state index in [4.69, 9.17) is 4.98 Å². The molecule has 8 heterocycles. The van der Waals surface area contributed by atoms with Crippen LogP contribution in [0.25, 0.3) is 22.1 Å². The summed E-state index contributed by atoms with van der Waals surface area (Å²) in [4.78, 5) is 45.3. The molecule has 3 aliphatic rings. The number of carbonyl (C=O) groups excluding carboxylic acids is 1. The summed E-state index contributed by atoms with van der Waals surface area (Å²) in [6.07, 6.45) is 12.2. The molecule has 0 radical (unpaired) electrons. The van der Waals surface area contributed by atoms with E-state index in [1.165, 1.54) is 11.3 Å². The number of carbonyl (C=O) groups is 1. The molecule has 3 fully saturated rings. The molecule has 0 bridgehead atoms. The van der Waals surface area contributed by atoms with Gasteiger partial charge >= 0.3 is 0 Å². The minimum Gasteiger partial charge on any atom is -0.341 e. The van der Waals surface area contributed by atoms with E-state index in [-0.39, 0.29) is 24.7 Å². The Morgan fingerprint density at radius 3 is 1.64 bits per heavy atom. The van der Waals surface area contributed by atoms with Crippen molar-refractivity contribution in [3.05, 3.63) is 84.2 Å². The number of aryl methyl sites for hydroxylation is 4. The minimum atomic E-state index is -2.67. The molecule has 1 N–H and O–H groups in total. The topological polar surface area (TPSA) is 126 Å². The summed E-state index contributed by atoms with van der Waals surface area (Å²) in [5, 5.41) is 3.31. The Morgan fingerprint density at radius 1 is 0.732 bits per heavy atom. The van der Waals surface area contributed by atoms with Gasteiger partial charge in [0.15, 0.2) is 0 Å². The van der Waals surface area contributed by atoms with E-state index in [2.05, 4.69) is 67.2 Å². The maximum absolute atomic E-state index is 13.1. The quantitative estimate of drug-likeness (QED) is 0.186. The molecule has 292 valence electrons. The van der Waals surface area contributed by atoms with E-state index in [9.17, 15) is 13.6 Å². The third kappa shape index (κ3) is 7.04. The van der Waals surface area contributed by atoms with Crippen molar-refractivity contribution in [2.24, 2.45) is 20.0 Å². The first-order valence-electron chi connectivity index (χ1n) is 19.3. The van der Waals surface area contributed by atoms with Crippen LogP contribution in [0.4, 0.5) is 31.8 Å². The first-order chi connectivity index (χ1) is 26.9. The van der Waals surface area contributed by atoms with E-state index in [1.807, 2.05) is 73.2 Å². The number of amides is 1. The summed E-state index contributed by atoms with van der Waals surface area (Å²) in [6, 6.07) is 8.43. The maximum atomic E-state index is 13.1. The van der Waals surface area contributed by atoms with Crippen LogP contribution in [0.2, 0.25) is 0 Å². The summed E-state index contributed by atoms with van der Waals surface area (Å²) < 4.78 is 30.1. The van der Waals surface area contributed by atoms with Crippen molar-refractivity contribution >= 4 is 51.0 Å². The first kappa shape index (κ1) is 37.4. The number of nitrogens with one attached hydrogen (secondary N) is 1. The zero-order chi connectivity index (χ0) is 39.3. The summed E-state index contributed by atoms with van der Waals surface area (Å²) >= 11 is 0. The van der Waals surface area contributed by atoms with Gasteiger partial charge < -0.3 is 29.2 Å². The fraction of sp³-hybridized carbons (Fsp3) is 0.439. The van der Waals surface area contributed by atoms with E-state index >= 15 is 0 Å². The number of fused-ring (bicyclic) bond motifs is 2. The first-order valence-corrected chi connectivity index (χ1v) is 19.3. The van der Waals surface area contributed by atoms with Gasteiger partial charge in [0.2, 0.25) is 11.8 Å². The Morgan fingerprint density at radius 2 is 1.21 bits per heavy atom. The zero-order valence-electron chi connectivity index (χ0n) is 32.7. The molecule has 6 aromatic rings. The Balaban J connectivity index is 0.000000164. The SMILES string of the molecule is CCc1cc(C2CN(C(=O)C3CC(F)(F)C3)C2)ncc1N(C)c1cc2c(cn1)ncn2C.CCc1cc(C2CNC2)ncc1N(C)c1cc2c(cn1)ncn2C. The maximum Gasteiger partial charge on any atom is 0.249 e. The third-order valence-electron chi connectivity index (χ3n) is 11.6. The second-order valence-corrected chi connectivity index (χ2v) is 15.3. The lowest BCUT2D eigenvalue weighted by molar-refractivity contribution is -0.163. The summed E-state index contributed by atoms with van der Waals surface area (Å²) in [5.74, 6) is -0.920. The molecule has 15 heteroatoms. The van der Waals surface area contributed by atoms with Crippen molar-refractivity contribution in [3.63, 3.8) is 0 Å². The molecule has 0 unspecified atom stereocenters. The highest BCUT2D eigenvalue weighted by Crippen LogP contribution is 2.44. The van der Waals surface area contributed by atoms with Gasteiger partial charge in [0.05, 0.1) is 59.9 Å². The van der Waals surface area contributed by atoms with Crippen molar-refractivity contribution in [3.8, 4) is 0 Å². The fourth-order valence-corrected chi connectivity index (χ4v) is 7.72. The normalized spacial score (nSPS) is 16.9. The molecule has 0 atom stereocenters. The van der Waals surface area contributed by atoms with Crippen molar-refractivity contribution in [1.29, 1.82) is 0 Å². The second-order valence-electron chi connectivity index (χ2n) is 15.3. The molecular weight excluding hydrogens is 715 g/mol. The number of rotatable bonds is 9. The third-order valence-corrected chi connectivity index (χ3v) is 11.6. The van der Waals surface area contributed by atoms with Gasteiger partial charge in [-0.15, -0.1) is 0 Å². The number of pyridine rings is 4. The average molecular weight is 763 g/mol. The molecule has 6 aromatic heterocycles. The molecule has 56 heavy (non-hydrogen) atoms. The zero-order valence-corrected chi connectivity index (χ0v) is 32.7. The lowest BCUT2D eigenvalue weighted by Crippen LogP contribution is -2.54. The van der Waals surface area contributed by atoms with Crippen LogP contribution in [0.3, 0.4) is 0 Å². The van der Waals surface area contributed by atoms with Crippen LogP contribution in [0.1, 0.15) is 61.0 Å². The Labute approximate surface area is 324 Å². The number of alkyl halides is 2. The predicted molar refractivity (Wildman–Crippen MR) is 213 cm³/mol. The monoisotopic (exact) mass is 762 g/mol. The molecule has 0 spiro atoms. The summed E-state index contributed by atoms with van der Waals surface area (Å²) in [7, 11) is 7.97. The van der Waals surface area contributed by atoms with E-state index in [0.29, 0.717) is 19.0 Å². The van der Waals surface area contributed by atoms with E-state index < -0.39 is 11.8 Å². The molecular formula is C41H48F2N12O. The molecule has 0 aromatic carbocycles. The summed E-state index contributed by atoms with van der Waals surface area (Å²) in [6.45, 7) is 7.44. The lowest BCUT2D eigenvalue weighted by Gasteiger charge is -2.44. The van der Waals surface area contributed by atoms with Gasteiger partial charge in [-0.05, 0) is 36.1 Å². The van der Waals surface area contributed by atoms with Crippen molar-refractivity contribution in [2.45, 2.75) is 57.3 Å². The van der Waals surface area contributed by atoms with Crippen molar-refractivity contribution < 1.29 is 13.6 Å². The number of anilines is 4. The van der Waals surface area contributed by atoms with Crippen LogP contribution in [-0.2, 0) is 31.7 Å². The second kappa shape index (κ2) is 14.8. The molecule has 2 saturated heterocycles. The van der Waals surface area contributed by atoms with Gasteiger partial charge in [0.1, 0.15) is 22.7 Å². The van der Waals surface area contributed by atoms with Gasteiger partial charge in [0.25, 0.3) is 0 Å². The minimum absolute atomic E-state index is 0.143. The average Bonchev–Trinajstić information content (AvgIpc) is 3.72. The Bertz CT molecular complexity index is 2390. The van der Waals surface area contributed by atoms with Gasteiger partial charge in [-0.1, -0.05) is 13.8 Å². The van der Waals surface area contributed by atoms with Crippen LogP contribution in [-0.4, -0.2) is 96.0 Å². The van der Waals surface area contributed by atoms with Crippen LogP contribution >= 0.6 is 0 Å². The predicted octanol–water partition coefficient (Wildman–Crippen LogP) is 6.05. The number of likely N-dealkylation sites (tertiary alicyclic amines) is 1. The highest BCUT2D eigenvalue weighted by Gasteiger charge is 2.51. The largest absolute Gasteiger partial charge is 0.341 e. The molecule has 1 amide bonds. The van der Waals surface area contributed by atoms with Crippen LogP contribution < -0.4 is 15.1 Å². The molecule has 13 nitrogen and oxygen atoms in total. The molecule has 1 saturated carbocycles. The summed E-state index contributed by atoms with van der Waals surface area (Å²) in [5.41, 5.74) is 10.5. The molecule has 9 rings (SSSR count). The van der Waals surface area contributed by atoms with E-state index in [1.54, 1.807) is 17.4 Å². The van der Waals surface area contributed by atoms with Crippen LogP contribution in [0.15, 0.2) is 61.7 Å². The van der Waals surface area contributed by atoms with Crippen LogP contribution in [0.5, 0.6) is 0 Å². The molecule has 1 aliphatic carbocycles. The number of imidazole rings is 2. The highest BCUT2D eigenvalue weighted by atomic mass is 19.3. The number of hydrogen-bond acceptors (Lipinski definition) is 10. The van der Waals surface area contributed by atoms with Crippen molar-refractivity contribution in [2.75, 3.05) is 50.1 Å². The van der Waals surface area contributed by atoms with Crippen LogP contribution in [0, 0.1) is 5.92 Å². The highest BCUT2D eigenvalue weighted by molar-refractivity contribution is 5.82. The number of nitrogens with zero attached hydrogens (tertiary/aromatic N) is 11. The van der Waals surface area contributed by atoms with Gasteiger partial charge in [-0.3, -0.25) is 14.8 Å². The number of aromatic nitrogens is 8. The van der Waals surface area contributed by atoms with Gasteiger partial charge in [0, 0.05) is 108 Å². The lowest BCUT2D eigenvalue weighted by atomic mass is 9.79. The fourth-order valence-electron chi connectivity index (χ4n) is 7.72. The van der Waals surface area contributed by atoms with Gasteiger partial charge in [-0.25, -0.2) is 28.7 Å². The smallest absolute Gasteiger partial charge is 0.249 e. The van der Waals surface area contributed by atoms with Gasteiger partial charge in [-0.2, -0.15) is 0 Å². The Hall–Kier alpha value is -5.57. The van der Waals surface area contributed by atoms with Crippen molar-refractivity contribution in [1.82, 2.24) is 49.3 Å². The molecule has 2 aliphatic heterocycles.